The first-order valence-electron chi connectivity index (χ1n) is 6.61. The molecule has 2 N–H and O–H groups in total. The minimum absolute atomic E-state index is 0. The summed E-state index contributed by atoms with van der Waals surface area (Å²) in [4.78, 5) is 0. The van der Waals surface area contributed by atoms with Crippen molar-refractivity contribution in [3.63, 3.8) is 0 Å². The highest BCUT2D eigenvalue weighted by molar-refractivity contribution is 5.20. The lowest BCUT2D eigenvalue weighted by atomic mass is 10.1. The molecule has 0 bridgehead atoms. The number of hydrogen-bond acceptors (Lipinski definition) is 1. The van der Waals surface area contributed by atoms with Crippen molar-refractivity contribution >= 4 is 0 Å². The number of ether oxygens (including phenoxy) is 1. The molecule has 0 heterocycles. The molecular formula is C15H26O2. The number of benzene rings is 1. The summed E-state index contributed by atoms with van der Waals surface area (Å²) in [6, 6.07) is 10.1. The second-order valence-electron chi connectivity index (χ2n) is 4.28. The van der Waals surface area contributed by atoms with Crippen molar-refractivity contribution in [2.45, 2.75) is 51.9 Å². The molecule has 1 aromatic carbocycles. The summed E-state index contributed by atoms with van der Waals surface area (Å²) in [5.41, 5.74) is 0. The maximum atomic E-state index is 5.63. The third-order valence-electron chi connectivity index (χ3n) is 2.76. The molecule has 2 nitrogen and oxygen atoms in total. The minimum atomic E-state index is 0. The van der Waals surface area contributed by atoms with Crippen molar-refractivity contribution in [3.05, 3.63) is 30.3 Å². The van der Waals surface area contributed by atoms with E-state index in [0.717, 1.165) is 12.4 Å². The first-order valence-corrected chi connectivity index (χ1v) is 6.61. The summed E-state index contributed by atoms with van der Waals surface area (Å²) in [6.45, 7) is 3.12. The van der Waals surface area contributed by atoms with Crippen LogP contribution in [-0.2, 0) is 0 Å². The molecule has 17 heavy (non-hydrogen) atoms. The first kappa shape index (κ1) is 16.0. The number of rotatable bonds is 9. The van der Waals surface area contributed by atoms with Crippen LogP contribution >= 0.6 is 0 Å². The predicted molar refractivity (Wildman–Crippen MR) is 73.5 cm³/mol. The van der Waals surface area contributed by atoms with Gasteiger partial charge in [0.2, 0.25) is 0 Å². The van der Waals surface area contributed by atoms with E-state index in [1.165, 1.54) is 44.9 Å². The molecule has 2 heteroatoms. The molecule has 0 fully saturated rings. The molecule has 0 aromatic heterocycles. The largest absolute Gasteiger partial charge is 0.494 e. The van der Waals surface area contributed by atoms with E-state index in [0.29, 0.717) is 0 Å². The van der Waals surface area contributed by atoms with Gasteiger partial charge in [-0.2, -0.15) is 0 Å². The van der Waals surface area contributed by atoms with Crippen molar-refractivity contribution in [2.24, 2.45) is 0 Å². The van der Waals surface area contributed by atoms with Crippen molar-refractivity contribution < 1.29 is 10.2 Å². The maximum Gasteiger partial charge on any atom is 0.119 e. The molecule has 0 aliphatic heterocycles. The molecule has 0 unspecified atom stereocenters. The fraction of sp³-hybridized carbons (Fsp3) is 0.600. The fourth-order valence-electron chi connectivity index (χ4n) is 1.77. The molecule has 0 aliphatic carbocycles. The standard InChI is InChI=1S/C15H24O.H2O/c1-2-3-4-5-6-7-11-14-16-15-12-9-8-10-13-15;/h8-10,12-13H,2-7,11,14H2,1H3;1H2. The van der Waals surface area contributed by atoms with Crippen LogP contribution in [0.5, 0.6) is 5.75 Å². The Morgan fingerprint density at radius 2 is 1.41 bits per heavy atom. The van der Waals surface area contributed by atoms with Crippen LogP contribution in [0, 0.1) is 0 Å². The van der Waals surface area contributed by atoms with Gasteiger partial charge < -0.3 is 10.2 Å². The van der Waals surface area contributed by atoms with Crippen LogP contribution in [0.2, 0.25) is 0 Å². The predicted octanol–water partition coefficient (Wildman–Crippen LogP) is 3.99. The molecule has 0 radical (unpaired) electrons. The van der Waals surface area contributed by atoms with E-state index in [-0.39, 0.29) is 5.48 Å². The molecule has 0 aliphatic rings. The third-order valence-corrected chi connectivity index (χ3v) is 2.76. The number of hydrogen-bond donors (Lipinski definition) is 0. The fourth-order valence-corrected chi connectivity index (χ4v) is 1.77. The van der Waals surface area contributed by atoms with Crippen LogP contribution in [0.25, 0.3) is 0 Å². The van der Waals surface area contributed by atoms with E-state index in [2.05, 4.69) is 6.92 Å². The van der Waals surface area contributed by atoms with Gasteiger partial charge in [0.05, 0.1) is 6.61 Å². The van der Waals surface area contributed by atoms with Crippen LogP contribution in [0.15, 0.2) is 30.3 Å². The highest BCUT2D eigenvalue weighted by Gasteiger charge is 1.93. The Hall–Kier alpha value is -1.02. The summed E-state index contributed by atoms with van der Waals surface area (Å²) < 4.78 is 5.63. The lowest BCUT2D eigenvalue weighted by Gasteiger charge is -2.05. The molecule has 0 saturated heterocycles. The van der Waals surface area contributed by atoms with Crippen LogP contribution < -0.4 is 4.74 Å². The Balaban J connectivity index is 0.00000256. The van der Waals surface area contributed by atoms with Gasteiger partial charge >= 0.3 is 0 Å². The monoisotopic (exact) mass is 238 g/mol. The third kappa shape index (κ3) is 8.75. The number of unbranched alkanes of at least 4 members (excludes halogenated alkanes) is 6. The maximum absolute atomic E-state index is 5.63. The molecule has 0 amide bonds. The van der Waals surface area contributed by atoms with Gasteiger partial charge in [0.15, 0.2) is 0 Å². The Morgan fingerprint density at radius 3 is 2.06 bits per heavy atom. The molecule has 1 aromatic rings. The Labute approximate surface area is 105 Å². The summed E-state index contributed by atoms with van der Waals surface area (Å²) in [5.74, 6) is 0.994. The van der Waals surface area contributed by atoms with Crippen molar-refractivity contribution in [1.29, 1.82) is 0 Å². The zero-order valence-electron chi connectivity index (χ0n) is 11.0. The van der Waals surface area contributed by atoms with E-state index < -0.39 is 0 Å². The molecule has 0 atom stereocenters. The van der Waals surface area contributed by atoms with E-state index >= 15 is 0 Å². The molecule has 0 saturated carbocycles. The van der Waals surface area contributed by atoms with Gasteiger partial charge in [0.25, 0.3) is 0 Å². The SMILES string of the molecule is CCCCCCCCCOc1ccccc1.O. The van der Waals surface area contributed by atoms with Crippen molar-refractivity contribution in [2.75, 3.05) is 6.61 Å². The smallest absolute Gasteiger partial charge is 0.119 e. The topological polar surface area (TPSA) is 40.7 Å². The zero-order valence-corrected chi connectivity index (χ0v) is 11.0. The number of para-hydroxylation sites is 1. The summed E-state index contributed by atoms with van der Waals surface area (Å²) in [5, 5.41) is 0. The van der Waals surface area contributed by atoms with Gasteiger partial charge in [0, 0.05) is 0 Å². The minimum Gasteiger partial charge on any atom is -0.494 e. The second-order valence-corrected chi connectivity index (χ2v) is 4.28. The van der Waals surface area contributed by atoms with E-state index in [9.17, 15) is 0 Å². The summed E-state index contributed by atoms with van der Waals surface area (Å²) >= 11 is 0. The Kier molecular flexibility index (Phi) is 10.8. The highest BCUT2D eigenvalue weighted by atomic mass is 16.5. The molecule has 1 rings (SSSR count). The van der Waals surface area contributed by atoms with Crippen LogP contribution in [-0.4, -0.2) is 12.1 Å². The van der Waals surface area contributed by atoms with Gasteiger partial charge in [-0.15, -0.1) is 0 Å². The van der Waals surface area contributed by atoms with Gasteiger partial charge in [-0.05, 0) is 18.6 Å². The Bertz CT molecular complexity index is 246. The molecule has 98 valence electrons. The molecular weight excluding hydrogens is 212 g/mol. The lowest BCUT2D eigenvalue weighted by molar-refractivity contribution is 0.304. The zero-order chi connectivity index (χ0) is 11.5. The van der Waals surface area contributed by atoms with E-state index in [4.69, 9.17) is 4.74 Å². The van der Waals surface area contributed by atoms with Gasteiger partial charge in [-0.1, -0.05) is 63.6 Å². The average molecular weight is 238 g/mol. The second kappa shape index (κ2) is 11.5. The van der Waals surface area contributed by atoms with Crippen molar-refractivity contribution in [1.82, 2.24) is 0 Å². The average Bonchev–Trinajstić information content (AvgIpc) is 2.34. The highest BCUT2D eigenvalue weighted by Crippen LogP contribution is 2.10. The Morgan fingerprint density at radius 1 is 0.824 bits per heavy atom. The summed E-state index contributed by atoms with van der Waals surface area (Å²) in [6.07, 6.45) is 9.35. The normalized spacial score (nSPS) is 9.71. The summed E-state index contributed by atoms with van der Waals surface area (Å²) in [7, 11) is 0. The van der Waals surface area contributed by atoms with Crippen LogP contribution in [0.3, 0.4) is 0 Å². The van der Waals surface area contributed by atoms with Crippen molar-refractivity contribution in [3.8, 4) is 5.75 Å². The van der Waals surface area contributed by atoms with Gasteiger partial charge in [-0.3, -0.25) is 0 Å². The van der Waals surface area contributed by atoms with Gasteiger partial charge in [0.1, 0.15) is 5.75 Å². The van der Waals surface area contributed by atoms with Crippen LogP contribution in [0.4, 0.5) is 0 Å². The first-order chi connectivity index (χ1) is 7.93. The quantitative estimate of drug-likeness (QED) is 0.600. The molecule has 0 spiro atoms. The lowest BCUT2D eigenvalue weighted by Crippen LogP contribution is -1.96. The van der Waals surface area contributed by atoms with Gasteiger partial charge in [-0.25, -0.2) is 0 Å². The van der Waals surface area contributed by atoms with Crippen LogP contribution in [0.1, 0.15) is 51.9 Å². The van der Waals surface area contributed by atoms with E-state index in [1.807, 2.05) is 30.3 Å². The van der Waals surface area contributed by atoms with E-state index in [1.54, 1.807) is 0 Å².